The zero-order chi connectivity index (χ0) is 24.6. The van der Waals surface area contributed by atoms with Gasteiger partial charge < -0.3 is 20.8 Å². The topological polar surface area (TPSA) is 93.6 Å². The molecule has 3 atom stereocenters. The van der Waals surface area contributed by atoms with Crippen molar-refractivity contribution in [3.8, 4) is 0 Å². The van der Waals surface area contributed by atoms with E-state index in [0.717, 1.165) is 47.8 Å². The standard InChI is InChI=1S/C28H34ClN3O3/c29-24-9-6-19(7-10-24)16-25(18-33)31-28(35)26(32-27(34)22-11-13-30-14-12-22)17-20-5-8-21-3-1-2-4-23(21)15-20/h1-10,15,22,25-27,30,32-34H,11-14,16-18H2,(H,31,35). The summed E-state index contributed by atoms with van der Waals surface area (Å²) in [5.74, 6) is -0.148. The Bertz CT molecular complexity index is 1100. The highest BCUT2D eigenvalue weighted by molar-refractivity contribution is 6.30. The van der Waals surface area contributed by atoms with E-state index in [1.807, 2.05) is 30.3 Å². The van der Waals surface area contributed by atoms with Gasteiger partial charge in [-0.3, -0.25) is 10.1 Å². The number of benzene rings is 3. The Morgan fingerprint density at radius 1 is 0.971 bits per heavy atom. The van der Waals surface area contributed by atoms with Crippen molar-refractivity contribution in [3.05, 3.63) is 82.9 Å². The molecule has 0 saturated carbocycles. The predicted octanol–water partition coefficient (Wildman–Crippen LogP) is 3.03. The van der Waals surface area contributed by atoms with Gasteiger partial charge in [0.25, 0.3) is 0 Å². The van der Waals surface area contributed by atoms with E-state index >= 15 is 0 Å². The van der Waals surface area contributed by atoms with Crippen LogP contribution in [0, 0.1) is 5.92 Å². The molecule has 0 aromatic heterocycles. The van der Waals surface area contributed by atoms with Gasteiger partial charge in [0.2, 0.25) is 5.91 Å². The van der Waals surface area contributed by atoms with Crippen LogP contribution in [0.4, 0.5) is 0 Å². The molecule has 186 valence electrons. The second-order valence-corrected chi connectivity index (χ2v) is 9.79. The average Bonchev–Trinajstić information content (AvgIpc) is 2.89. The van der Waals surface area contributed by atoms with Gasteiger partial charge in [-0.1, -0.05) is 66.2 Å². The van der Waals surface area contributed by atoms with Gasteiger partial charge in [-0.2, -0.15) is 0 Å². The summed E-state index contributed by atoms with van der Waals surface area (Å²) in [6.45, 7) is 1.53. The van der Waals surface area contributed by atoms with E-state index in [2.05, 4.69) is 40.2 Å². The van der Waals surface area contributed by atoms with Crippen LogP contribution in [0.2, 0.25) is 5.02 Å². The third kappa shape index (κ3) is 7.26. The van der Waals surface area contributed by atoms with Gasteiger partial charge in [0.15, 0.2) is 0 Å². The summed E-state index contributed by atoms with van der Waals surface area (Å²) >= 11 is 5.98. The molecule has 6 nitrogen and oxygen atoms in total. The average molecular weight is 496 g/mol. The predicted molar refractivity (Wildman–Crippen MR) is 140 cm³/mol. The molecule has 1 saturated heterocycles. The van der Waals surface area contributed by atoms with Crippen molar-refractivity contribution >= 4 is 28.3 Å². The third-order valence-electron chi connectivity index (χ3n) is 6.73. The number of rotatable bonds is 10. The highest BCUT2D eigenvalue weighted by atomic mass is 35.5. The number of amides is 1. The monoisotopic (exact) mass is 495 g/mol. The van der Waals surface area contributed by atoms with Crippen LogP contribution in [0.25, 0.3) is 10.8 Å². The van der Waals surface area contributed by atoms with E-state index in [4.69, 9.17) is 11.6 Å². The summed E-state index contributed by atoms with van der Waals surface area (Å²) < 4.78 is 0. The van der Waals surface area contributed by atoms with Crippen molar-refractivity contribution in [2.45, 2.75) is 44.0 Å². The SMILES string of the molecule is O=C(NC(CO)Cc1ccc(Cl)cc1)C(Cc1ccc2ccccc2c1)NC(O)C1CCNCC1. The molecule has 3 unspecified atom stereocenters. The fourth-order valence-electron chi connectivity index (χ4n) is 4.70. The highest BCUT2D eigenvalue weighted by Gasteiger charge is 2.28. The Labute approximate surface area is 211 Å². The number of aliphatic hydroxyl groups excluding tert-OH is 2. The quantitative estimate of drug-likeness (QED) is 0.279. The maximum absolute atomic E-state index is 13.4. The van der Waals surface area contributed by atoms with E-state index in [-0.39, 0.29) is 18.4 Å². The Hall–Kier alpha value is -2.48. The molecule has 1 aliphatic rings. The van der Waals surface area contributed by atoms with Gasteiger partial charge in [-0.25, -0.2) is 0 Å². The Balaban J connectivity index is 1.49. The van der Waals surface area contributed by atoms with E-state index in [9.17, 15) is 15.0 Å². The first-order chi connectivity index (χ1) is 17.0. The summed E-state index contributed by atoms with van der Waals surface area (Å²) in [5, 5.41) is 33.3. The van der Waals surface area contributed by atoms with E-state index < -0.39 is 18.3 Å². The molecule has 4 rings (SSSR count). The number of hydrogen-bond donors (Lipinski definition) is 5. The number of nitrogens with one attached hydrogen (secondary N) is 3. The molecule has 0 aliphatic carbocycles. The van der Waals surface area contributed by atoms with Crippen LogP contribution >= 0.6 is 11.6 Å². The lowest BCUT2D eigenvalue weighted by atomic mass is 9.94. The molecular weight excluding hydrogens is 462 g/mol. The summed E-state index contributed by atoms with van der Waals surface area (Å²) in [6.07, 6.45) is 1.84. The first kappa shape index (κ1) is 25.6. The molecule has 35 heavy (non-hydrogen) atoms. The van der Waals surface area contributed by atoms with E-state index in [1.54, 1.807) is 12.1 Å². The zero-order valence-corrected chi connectivity index (χ0v) is 20.5. The summed E-state index contributed by atoms with van der Waals surface area (Å²) in [6, 6.07) is 20.6. The first-order valence-corrected chi connectivity index (χ1v) is 12.7. The molecule has 0 spiro atoms. The minimum absolute atomic E-state index is 0.0888. The largest absolute Gasteiger partial charge is 0.394 e. The molecule has 1 amide bonds. The van der Waals surface area contributed by atoms with Gasteiger partial charge in [0, 0.05) is 10.9 Å². The van der Waals surface area contributed by atoms with Gasteiger partial charge in [0.1, 0.15) is 6.23 Å². The molecule has 7 heteroatoms. The fourth-order valence-corrected chi connectivity index (χ4v) is 4.82. The molecule has 0 bridgehead atoms. The molecular formula is C28H34ClN3O3. The van der Waals surface area contributed by atoms with Gasteiger partial charge in [-0.05, 0) is 72.8 Å². The number of aliphatic hydroxyl groups is 2. The van der Waals surface area contributed by atoms with Crippen molar-refractivity contribution in [1.29, 1.82) is 0 Å². The van der Waals surface area contributed by atoms with Crippen LogP contribution in [-0.2, 0) is 17.6 Å². The van der Waals surface area contributed by atoms with Crippen LogP contribution in [-0.4, -0.2) is 54.1 Å². The lowest BCUT2D eigenvalue weighted by Crippen LogP contribution is -2.55. The number of halogens is 1. The van der Waals surface area contributed by atoms with Crippen LogP contribution in [0.1, 0.15) is 24.0 Å². The normalized spacial score (nSPS) is 17.1. The molecule has 1 aliphatic heterocycles. The van der Waals surface area contributed by atoms with Gasteiger partial charge in [-0.15, -0.1) is 0 Å². The second-order valence-electron chi connectivity index (χ2n) is 9.36. The van der Waals surface area contributed by atoms with Crippen LogP contribution in [0.3, 0.4) is 0 Å². The fraction of sp³-hybridized carbons (Fsp3) is 0.393. The van der Waals surface area contributed by atoms with E-state index in [1.165, 1.54) is 0 Å². The minimum Gasteiger partial charge on any atom is -0.394 e. The molecule has 1 heterocycles. The molecule has 0 radical (unpaired) electrons. The lowest BCUT2D eigenvalue weighted by Gasteiger charge is -2.31. The highest BCUT2D eigenvalue weighted by Crippen LogP contribution is 2.19. The maximum Gasteiger partial charge on any atom is 0.237 e. The molecule has 3 aromatic rings. The van der Waals surface area contributed by atoms with Crippen molar-refractivity contribution in [3.63, 3.8) is 0 Å². The zero-order valence-electron chi connectivity index (χ0n) is 19.8. The number of hydrogen-bond acceptors (Lipinski definition) is 5. The molecule has 5 N–H and O–H groups in total. The molecule has 3 aromatic carbocycles. The Morgan fingerprint density at radius 3 is 2.37 bits per heavy atom. The summed E-state index contributed by atoms with van der Waals surface area (Å²) in [5.41, 5.74) is 1.98. The second kappa shape index (κ2) is 12.5. The maximum atomic E-state index is 13.4. The number of fused-ring (bicyclic) bond motifs is 1. The van der Waals surface area contributed by atoms with Crippen LogP contribution < -0.4 is 16.0 Å². The van der Waals surface area contributed by atoms with Crippen molar-refractivity contribution < 1.29 is 15.0 Å². The third-order valence-corrected chi connectivity index (χ3v) is 6.99. The lowest BCUT2D eigenvalue weighted by molar-refractivity contribution is -0.125. The van der Waals surface area contributed by atoms with Crippen LogP contribution in [0.5, 0.6) is 0 Å². The Morgan fingerprint density at radius 2 is 1.66 bits per heavy atom. The Kier molecular flexibility index (Phi) is 9.12. The van der Waals surface area contributed by atoms with Crippen molar-refractivity contribution in [2.75, 3.05) is 19.7 Å². The summed E-state index contributed by atoms with van der Waals surface area (Å²) in [7, 11) is 0. The first-order valence-electron chi connectivity index (χ1n) is 12.3. The van der Waals surface area contributed by atoms with E-state index in [0.29, 0.717) is 17.9 Å². The van der Waals surface area contributed by atoms with Crippen molar-refractivity contribution in [2.24, 2.45) is 5.92 Å². The smallest absolute Gasteiger partial charge is 0.237 e. The summed E-state index contributed by atoms with van der Waals surface area (Å²) in [4.78, 5) is 13.4. The van der Waals surface area contributed by atoms with Gasteiger partial charge in [0.05, 0.1) is 18.7 Å². The minimum atomic E-state index is -0.780. The number of piperidine rings is 1. The molecule has 1 fully saturated rings. The number of carbonyl (C=O) groups excluding carboxylic acids is 1. The number of carbonyl (C=O) groups is 1. The van der Waals surface area contributed by atoms with Crippen LogP contribution in [0.15, 0.2) is 66.7 Å². The van der Waals surface area contributed by atoms with Crippen molar-refractivity contribution in [1.82, 2.24) is 16.0 Å². The van der Waals surface area contributed by atoms with Gasteiger partial charge >= 0.3 is 0 Å².